The van der Waals surface area contributed by atoms with Gasteiger partial charge >= 0.3 is 12.0 Å². The van der Waals surface area contributed by atoms with Crippen molar-refractivity contribution in [1.29, 1.82) is 0 Å². The van der Waals surface area contributed by atoms with E-state index in [1.54, 1.807) is 4.90 Å². The maximum Gasteiger partial charge on any atom is 0.317 e. The molecule has 2 amide bonds. The summed E-state index contributed by atoms with van der Waals surface area (Å²) in [5.74, 6) is -0.449. The summed E-state index contributed by atoms with van der Waals surface area (Å²) >= 11 is 0. The predicted molar refractivity (Wildman–Crippen MR) is 75.7 cm³/mol. The van der Waals surface area contributed by atoms with Gasteiger partial charge in [-0.3, -0.25) is 4.79 Å². The second-order valence-corrected chi connectivity index (χ2v) is 5.23. The molecule has 0 spiro atoms. The lowest BCUT2D eigenvalue weighted by atomic mass is 10.0. The van der Waals surface area contributed by atoms with Crippen LogP contribution in [-0.2, 0) is 9.53 Å². The number of ether oxygens (including phenoxy) is 1. The van der Waals surface area contributed by atoms with Crippen molar-refractivity contribution in [2.45, 2.75) is 39.0 Å². The summed E-state index contributed by atoms with van der Waals surface area (Å²) in [6.07, 6.45) is 3.89. The molecule has 0 bridgehead atoms. The molecule has 1 saturated heterocycles. The first-order valence-corrected chi connectivity index (χ1v) is 7.45. The van der Waals surface area contributed by atoms with Crippen molar-refractivity contribution in [3.05, 3.63) is 0 Å². The van der Waals surface area contributed by atoms with Gasteiger partial charge in [-0.25, -0.2) is 4.79 Å². The summed E-state index contributed by atoms with van der Waals surface area (Å²) in [4.78, 5) is 24.1. The highest BCUT2D eigenvalue weighted by molar-refractivity contribution is 5.74. The van der Waals surface area contributed by atoms with Crippen LogP contribution in [0.3, 0.4) is 0 Å². The molecule has 1 atom stereocenters. The van der Waals surface area contributed by atoms with E-state index in [4.69, 9.17) is 9.84 Å². The number of hydrogen-bond acceptors (Lipinski definition) is 3. The second-order valence-electron chi connectivity index (χ2n) is 5.23. The van der Waals surface area contributed by atoms with Gasteiger partial charge < -0.3 is 20.1 Å². The third kappa shape index (κ3) is 6.75. The molecule has 2 N–H and O–H groups in total. The monoisotopic (exact) mass is 286 g/mol. The standard InChI is InChI=1S/C14H26N2O4/c1-2-3-9-20-10-7-15-14(19)16-8-6-12(11-16)4-5-13(17)18/h12H,2-11H2,1H3,(H,15,19)(H,17,18). The average molecular weight is 286 g/mol. The van der Waals surface area contributed by atoms with E-state index in [2.05, 4.69) is 12.2 Å². The van der Waals surface area contributed by atoms with Crippen molar-refractivity contribution < 1.29 is 19.4 Å². The Morgan fingerprint density at radius 1 is 1.40 bits per heavy atom. The zero-order valence-electron chi connectivity index (χ0n) is 12.3. The number of nitrogens with one attached hydrogen (secondary N) is 1. The Morgan fingerprint density at radius 3 is 2.90 bits per heavy atom. The third-order valence-corrected chi connectivity index (χ3v) is 3.50. The Labute approximate surface area is 120 Å². The van der Waals surface area contributed by atoms with Gasteiger partial charge in [-0.2, -0.15) is 0 Å². The van der Waals surface area contributed by atoms with Crippen LogP contribution in [0.2, 0.25) is 0 Å². The molecule has 116 valence electrons. The summed E-state index contributed by atoms with van der Waals surface area (Å²) < 4.78 is 5.37. The third-order valence-electron chi connectivity index (χ3n) is 3.50. The summed E-state index contributed by atoms with van der Waals surface area (Å²) in [6.45, 7) is 5.30. The molecule has 1 rings (SSSR count). The van der Waals surface area contributed by atoms with E-state index in [1.807, 2.05) is 0 Å². The van der Waals surface area contributed by atoms with Crippen molar-refractivity contribution in [3.8, 4) is 0 Å². The number of nitrogens with zero attached hydrogens (tertiary/aromatic N) is 1. The molecular weight excluding hydrogens is 260 g/mol. The van der Waals surface area contributed by atoms with Crippen LogP contribution in [0.4, 0.5) is 4.79 Å². The molecule has 0 aromatic carbocycles. The molecule has 1 fully saturated rings. The van der Waals surface area contributed by atoms with Gasteiger partial charge in [0.1, 0.15) is 0 Å². The van der Waals surface area contributed by atoms with Gasteiger partial charge in [0.2, 0.25) is 0 Å². The molecule has 1 unspecified atom stereocenters. The van der Waals surface area contributed by atoms with Crippen molar-refractivity contribution in [3.63, 3.8) is 0 Å². The fraction of sp³-hybridized carbons (Fsp3) is 0.857. The summed E-state index contributed by atoms with van der Waals surface area (Å²) in [5.41, 5.74) is 0. The quantitative estimate of drug-likeness (QED) is 0.632. The summed E-state index contributed by atoms with van der Waals surface area (Å²) in [5, 5.41) is 11.5. The number of unbranched alkanes of at least 4 members (excludes halogenated alkanes) is 1. The molecule has 20 heavy (non-hydrogen) atoms. The van der Waals surface area contributed by atoms with Crippen LogP contribution in [0.15, 0.2) is 0 Å². The lowest BCUT2D eigenvalue weighted by molar-refractivity contribution is -0.137. The van der Waals surface area contributed by atoms with Crippen molar-refractivity contribution in [2.24, 2.45) is 5.92 Å². The van der Waals surface area contributed by atoms with Gasteiger partial charge in [0.15, 0.2) is 0 Å². The van der Waals surface area contributed by atoms with Gasteiger partial charge in [0.25, 0.3) is 0 Å². The van der Waals surface area contributed by atoms with Crippen LogP contribution in [0, 0.1) is 5.92 Å². The number of carbonyl (C=O) groups is 2. The van der Waals surface area contributed by atoms with E-state index in [0.29, 0.717) is 38.6 Å². The number of carboxylic acids is 1. The van der Waals surface area contributed by atoms with Crippen LogP contribution in [-0.4, -0.2) is 54.9 Å². The molecule has 1 aliphatic heterocycles. The number of amides is 2. The molecule has 6 nitrogen and oxygen atoms in total. The molecule has 0 aromatic rings. The minimum Gasteiger partial charge on any atom is -0.481 e. The Bertz CT molecular complexity index is 310. The molecule has 1 aliphatic rings. The van der Waals surface area contributed by atoms with E-state index >= 15 is 0 Å². The summed E-state index contributed by atoms with van der Waals surface area (Å²) in [7, 11) is 0. The zero-order valence-corrected chi connectivity index (χ0v) is 12.3. The zero-order chi connectivity index (χ0) is 14.8. The number of aliphatic carboxylic acids is 1. The first kappa shape index (κ1) is 16.8. The molecular formula is C14H26N2O4. The lowest BCUT2D eigenvalue weighted by Crippen LogP contribution is -2.40. The van der Waals surface area contributed by atoms with Crippen LogP contribution in [0.1, 0.15) is 39.0 Å². The molecule has 1 heterocycles. The molecule has 0 aromatic heterocycles. The first-order valence-electron chi connectivity index (χ1n) is 7.45. The fourth-order valence-electron chi connectivity index (χ4n) is 2.27. The van der Waals surface area contributed by atoms with Crippen molar-refractivity contribution >= 4 is 12.0 Å². The predicted octanol–water partition coefficient (Wildman–Crippen LogP) is 1.70. The SMILES string of the molecule is CCCCOCCNC(=O)N1CCC(CCC(=O)O)C1. The Balaban J connectivity index is 2.07. The molecule has 0 aliphatic carbocycles. The van der Waals surface area contributed by atoms with Gasteiger partial charge in [-0.05, 0) is 25.2 Å². The van der Waals surface area contributed by atoms with E-state index in [1.165, 1.54) is 0 Å². The van der Waals surface area contributed by atoms with Crippen LogP contribution in [0.5, 0.6) is 0 Å². The first-order chi connectivity index (χ1) is 9.63. The van der Waals surface area contributed by atoms with Crippen LogP contribution in [0.25, 0.3) is 0 Å². The highest BCUT2D eigenvalue weighted by Crippen LogP contribution is 2.20. The normalized spacial score (nSPS) is 18.2. The number of urea groups is 1. The lowest BCUT2D eigenvalue weighted by Gasteiger charge is -2.17. The molecule has 0 saturated carbocycles. The highest BCUT2D eigenvalue weighted by atomic mass is 16.5. The largest absolute Gasteiger partial charge is 0.481 e. The maximum atomic E-state index is 11.9. The Morgan fingerprint density at radius 2 is 2.20 bits per heavy atom. The van der Waals surface area contributed by atoms with Gasteiger partial charge in [0.05, 0.1) is 6.61 Å². The van der Waals surface area contributed by atoms with Crippen molar-refractivity contribution in [1.82, 2.24) is 10.2 Å². The Hall–Kier alpha value is -1.30. The highest BCUT2D eigenvalue weighted by Gasteiger charge is 2.26. The topological polar surface area (TPSA) is 78.9 Å². The minimum atomic E-state index is -0.767. The number of carboxylic acid groups (broad SMARTS) is 1. The Kier molecular flexibility index (Phi) is 8.02. The van der Waals surface area contributed by atoms with E-state index < -0.39 is 5.97 Å². The minimum absolute atomic E-state index is 0.0677. The second kappa shape index (κ2) is 9.58. The van der Waals surface area contributed by atoms with Crippen LogP contribution < -0.4 is 5.32 Å². The number of carbonyl (C=O) groups excluding carboxylic acids is 1. The summed E-state index contributed by atoms with van der Waals surface area (Å²) in [6, 6.07) is -0.0677. The maximum absolute atomic E-state index is 11.9. The van der Waals surface area contributed by atoms with Crippen LogP contribution >= 0.6 is 0 Å². The van der Waals surface area contributed by atoms with E-state index in [0.717, 1.165) is 25.9 Å². The van der Waals surface area contributed by atoms with E-state index in [-0.39, 0.29) is 12.5 Å². The number of likely N-dealkylation sites (tertiary alicyclic amines) is 1. The average Bonchev–Trinajstić information content (AvgIpc) is 2.89. The van der Waals surface area contributed by atoms with Crippen molar-refractivity contribution in [2.75, 3.05) is 32.8 Å². The van der Waals surface area contributed by atoms with Gasteiger partial charge in [0, 0.05) is 32.7 Å². The molecule has 0 radical (unpaired) electrons. The van der Waals surface area contributed by atoms with Gasteiger partial charge in [-0.15, -0.1) is 0 Å². The molecule has 6 heteroatoms. The number of rotatable bonds is 9. The number of hydrogen-bond donors (Lipinski definition) is 2. The fourth-order valence-corrected chi connectivity index (χ4v) is 2.27. The van der Waals surface area contributed by atoms with Gasteiger partial charge in [-0.1, -0.05) is 13.3 Å². The van der Waals surface area contributed by atoms with E-state index in [9.17, 15) is 9.59 Å². The smallest absolute Gasteiger partial charge is 0.317 e.